The topological polar surface area (TPSA) is 78.9 Å². The normalized spacial score (nSPS) is 24.3. The van der Waals surface area contributed by atoms with Crippen molar-refractivity contribution in [3.8, 4) is 0 Å². The third kappa shape index (κ3) is 5.99. The average Bonchev–Trinajstić information content (AvgIpc) is 3.98. The molecule has 0 N–H and O–H groups in total. The Morgan fingerprint density at radius 3 is 1.95 bits per heavy atom. The van der Waals surface area contributed by atoms with Crippen molar-refractivity contribution < 1.29 is 27.4 Å². The van der Waals surface area contributed by atoms with Crippen LogP contribution in [0.3, 0.4) is 0 Å². The van der Waals surface area contributed by atoms with Crippen LogP contribution in [-0.2, 0) is 28.8 Å². The summed E-state index contributed by atoms with van der Waals surface area (Å²) >= 11 is 0. The van der Waals surface area contributed by atoms with Crippen molar-refractivity contribution in [3.05, 3.63) is 101 Å². The van der Waals surface area contributed by atoms with E-state index in [1.165, 1.54) is 0 Å². The number of hydrogen-bond acceptors (Lipinski definition) is 6. The van der Waals surface area contributed by atoms with Crippen molar-refractivity contribution >= 4 is 15.8 Å². The highest BCUT2D eigenvalue weighted by Gasteiger charge is 2.50. The second-order valence-corrected chi connectivity index (χ2v) is 15.3. The number of esters is 1. The molecule has 3 aromatic rings. The Morgan fingerprint density at radius 2 is 1.43 bits per heavy atom. The molecule has 3 aromatic carbocycles. The maximum atomic E-state index is 13.4. The molecule has 3 saturated carbocycles. The molecule has 1 unspecified atom stereocenters. The SMILES string of the molecule is CCOC(=O)C(CC1CCC2(CC1)O[C@@H](c1ccccc1)[C@H](c1ccccc1)O2)c1ccc(S(=O)(=O)C2CC2)c(C2CC2)c1. The van der Waals surface area contributed by atoms with Crippen LogP contribution in [0.25, 0.3) is 0 Å². The molecule has 3 atom stereocenters. The van der Waals surface area contributed by atoms with Gasteiger partial charge in [0.2, 0.25) is 0 Å². The van der Waals surface area contributed by atoms with Gasteiger partial charge in [-0.3, -0.25) is 4.79 Å². The van der Waals surface area contributed by atoms with Crippen LogP contribution < -0.4 is 0 Å². The van der Waals surface area contributed by atoms with Gasteiger partial charge in [-0.25, -0.2) is 8.42 Å². The minimum absolute atomic E-state index is 0.186. The lowest BCUT2D eigenvalue weighted by Gasteiger charge is -2.37. The quantitative estimate of drug-likeness (QED) is 0.216. The smallest absolute Gasteiger partial charge is 0.313 e. The first-order chi connectivity index (χ1) is 21.4. The van der Waals surface area contributed by atoms with E-state index in [-0.39, 0.29) is 29.3 Å². The lowest BCUT2D eigenvalue weighted by atomic mass is 9.78. The van der Waals surface area contributed by atoms with Crippen molar-refractivity contribution in [1.82, 2.24) is 0 Å². The molecule has 0 radical (unpaired) electrons. The van der Waals surface area contributed by atoms with Gasteiger partial charge >= 0.3 is 5.97 Å². The van der Waals surface area contributed by atoms with E-state index < -0.39 is 21.5 Å². The van der Waals surface area contributed by atoms with Gasteiger partial charge in [-0.05, 0) is 92.0 Å². The second-order valence-electron chi connectivity index (χ2n) is 13.1. The van der Waals surface area contributed by atoms with Crippen LogP contribution in [0.2, 0.25) is 0 Å². The van der Waals surface area contributed by atoms with Crippen molar-refractivity contribution in [3.63, 3.8) is 0 Å². The van der Waals surface area contributed by atoms with Crippen LogP contribution in [0.15, 0.2) is 83.8 Å². The lowest BCUT2D eigenvalue weighted by molar-refractivity contribution is -0.201. The van der Waals surface area contributed by atoms with Crippen LogP contribution in [0.1, 0.15) is 111 Å². The number of carbonyl (C=O) groups is 1. The van der Waals surface area contributed by atoms with Crippen LogP contribution in [-0.4, -0.2) is 32.0 Å². The molecule has 6 nitrogen and oxygen atoms in total. The number of rotatable bonds is 10. The largest absolute Gasteiger partial charge is 0.466 e. The number of ether oxygens (including phenoxy) is 3. The van der Waals surface area contributed by atoms with Crippen LogP contribution in [0.4, 0.5) is 0 Å². The van der Waals surface area contributed by atoms with Gasteiger partial charge < -0.3 is 14.2 Å². The summed E-state index contributed by atoms with van der Waals surface area (Å²) in [6, 6.07) is 26.3. The molecular formula is C37H42O6S. The van der Waals surface area contributed by atoms with E-state index in [0.29, 0.717) is 23.8 Å². The maximum absolute atomic E-state index is 13.4. The molecular weight excluding hydrogens is 572 g/mol. The summed E-state index contributed by atoms with van der Waals surface area (Å²) < 4.78 is 45.6. The highest BCUT2D eigenvalue weighted by Crippen LogP contribution is 2.54. The van der Waals surface area contributed by atoms with Crippen LogP contribution in [0, 0.1) is 5.92 Å². The van der Waals surface area contributed by atoms with Gasteiger partial charge in [-0.1, -0.05) is 72.8 Å². The molecule has 0 amide bonds. The van der Waals surface area contributed by atoms with Crippen LogP contribution >= 0.6 is 0 Å². The predicted molar refractivity (Wildman–Crippen MR) is 168 cm³/mol. The fraction of sp³-hybridized carbons (Fsp3) is 0.486. The van der Waals surface area contributed by atoms with Crippen molar-refractivity contribution in [2.45, 2.75) is 105 Å². The molecule has 1 spiro atoms. The zero-order valence-electron chi connectivity index (χ0n) is 25.4. The molecule has 0 bridgehead atoms. The fourth-order valence-electron chi connectivity index (χ4n) is 7.23. The fourth-order valence-corrected chi connectivity index (χ4v) is 9.16. The Morgan fingerprint density at radius 1 is 0.841 bits per heavy atom. The molecule has 4 fully saturated rings. The number of hydrogen-bond donors (Lipinski definition) is 0. The number of sulfone groups is 1. The highest BCUT2D eigenvalue weighted by atomic mass is 32.2. The van der Waals surface area contributed by atoms with Crippen molar-refractivity contribution in [1.29, 1.82) is 0 Å². The molecule has 7 heteroatoms. The van der Waals surface area contributed by atoms with E-state index in [2.05, 4.69) is 24.3 Å². The van der Waals surface area contributed by atoms with Gasteiger partial charge in [0, 0.05) is 12.8 Å². The van der Waals surface area contributed by atoms with Gasteiger partial charge in [-0.2, -0.15) is 0 Å². The zero-order chi connectivity index (χ0) is 30.3. The summed E-state index contributed by atoms with van der Waals surface area (Å²) in [5.41, 5.74) is 4.00. The maximum Gasteiger partial charge on any atom is 0.313 e. The molecule has 3 aliphatic carbocycles. The van der Waals surface area contributed by atoms with Gasteiger partial charge in [-0.15, -0.1) is 0 Å². The first-order valence-corrected chi connectivity index (χ1v) is 17.9. The standard InChI is InChI=1S/C37H42O6S/c1-2-41-36(38)32(29-15-18-33(31(24-29)26-13-14-26)44(39,40)30-16-17-30)23-25-19-21-37(22-20-25)42-34(27-9-5-3-6-10-27)35(43-37)28-11-7-4-8-12-28/h3-12,15,18,24-26,30,32,34-35H,2,13-14,16-17,19-23H2,1H3/t32?,34-,35-/m0/s1. The molecule has 1 saturated heterocycles. The Balaban J connectivity index is 1.10. The Labute approximate surface area is 261 Å². The lowest BCUT2D eigenvalue weighted by Crippen LogP contribution is -2.36. The molecule has 1 heterocycles. The summed E-state index contributed by atoms with van der Waals surface area (Å²) in [5, 5.41) is -0.246. The van der Waals surface area contributed by atoms with E-state index in [4.69, 9.17) is 14.2 Å². The molecule has 0 aromatic heterocycles. The van der Waals surface area contributed by atoms with Crippen molar-refractivity contribution in [2.75, 3.05) is 6.61 Å². The van der Waals surface area contributed by atoms with E-state index in [9.17, 15) is 13.2 Å². The van der Waals surface area contributed by atoms with E-state index in [0.717, 1.165) is 73.6 Å². The van der Waals surface area contributed by atoms with E-state index >= 15 is 0 Å². The Hall–Kier alpha value is -3.00. The Bertz CT molecular complexity index is 1520. The summed E-state index contributed by atoms with van der Waals surface area (Å²) in [6.07, 6.45) is 7.05. The minimum Gasteiger partial charge on any atom is -0.466 e. The molecule has 7 rings (SSSR count). The number of carbonyl (C=O) groups excluding carboxylic acids is 1. The zero-order valence-corrected chi connectivity index (χ0v) is 26.2. The second kappa shape index (κ2) is 12.1. The van der Waals surface area contributed by atoms with E-state index in [1.807, 2.05) is 55.5 Å². The molecule has 1 aliphatic heterocycles. The number of benzene rings is 3. The average molecular weight is 615 g/mol. The van der Waals surface area contributed by atoms with Gasteiger partial charge in [0.1, 0.15) is 12.2 Å². The molecule has 232 valence electrons. The first-order valence-electron chi connectivity index (χ1n) is 16.4. The van der Waals surface area contributed by atoms with Crippen LogP contribution in [0.5, 0.6) is 0 Å². The van der Waals surface area contributed by atoms with Gasteiger partial charge in [0.15, 0.2) is 15.6 Å². The first kappa shape index (κ1) is 29.7. The Kier molecular flexibility index (Phi) is 8.15. The minimum atomic E-state index is -3.31. The summed E-state index contributed by atoms with van der Waals surface area (Å²) in [7, 11) is -3.31. The van der Waals surface area contributed by atoms with Gasteiger partial charge in [0.05, 0.1) is 22.7 Å². The predicted octanol–water partition coefficient (Wildman–Crippen LogP) is 7.95. The summed E-state index contributed by atoms with van der Waals surface area (Å²) in [5.74, 6) is -0.748. The highest BCUT2D eigenvalue weighted by molar-refractivity contribution is 7.92. The molecule has 44 heavy (non-hydrogen) atoms. The van der Waals surface area contributed by atoms with Crippen molar-refractivity contribution in [2.24, 2.45) is 5.92 Å². The van der Waals surface area contributed by atoms with Gasteiger partial charge in [0.25, 0.3) is 0 Å². The third-order valence-electron chi connectivity index (χ3n) is 9.94. The molecule has 4 aliphatic rings. The summed E-state index contributed by atoms with van der Waals surface area (Å²) in [4.78, 5) is 13.9. The summed E-state index contributed by atoms with van der Waals surface area (Å²) in [6.45, 7) is 2.15. The monoisotopic (exact) mass is 614 g/mol. The third-order valence-corrected chi connectivity index (χ3v) is 12.3. The van der Waals surface area contributed by atoms with E-state index in [1.54, 1.807) is 6.07 Å².